The van der Waals surface area contributed by atoms with E-state index >= 15 is 0 Å². The first-order chi connectivity index (χ1) is 19.1. The van der Waals surface area contributed by atoms with Crippen LogP contribution in [0.1, 0.15) is 55.6 Å². The monoisotopic (exact) mass is 498 g/mol. The molecule has 0 amide bonds. The van der Waals surface area contributed by atoms with Gasteiger partial charge in [-0.15, -0.1) is 0 Å². The van der Waals surface area contributed by atoms with Gasteiger partial charge < -0.3 is 0 Å². The van der Waals surface area contributed by atoms with Gasteiger partial charge in [-0.3, -0.25) is 0 Å². The predicted octanol–water partition coefficient (Wildman–Crippen LogP) is 9.17. The molecule has 0 saturated heterocycles. The van der Waals surface area contributed by atoms with Crippen molar-refractivity contribution in [3.8, 4) is 11.1 Å². The topological polar surface area (TPSA) is 0 Å². The molecule has 0 saturated carbocycles. The largest absolute Gasteiger partial charge is 0.0714 e. The number of rotatable bonds is 2. The van der Waals surface area contributed by atoms with Crippen molar-refractivity contribution in [3.63, 3.8) is 0 Å². The van der Waals surface area contributed by atoms with Gasteiger partial charge in [0.15, 0.2) is 0 Å². The Bertz CT molecular complexity index is 1890. The van der Waals surface area contributed by atoms with E-state index in [0.29, 0.717) is 0 Å². The highest BCUT2D eigenvalue weighted by Crippen LogP contribution is 2.57. The molecule has 0 radical (unpaired) electrons. The van der Waals surface area contributed by atoms with Crippen LogP contribution in [0.4, 0.5) is 0 Å². The summed E-state index contributed by atoms with van der Waals surface area (Å²) in [4.78, 5) is 0. The van der Waals surface area contributed by atoms with E-state index in [2.05, 4.69) is 111 Å². The molecule has 3 aliphatic carbocycles. The van der Waals surface area contributed by atoms with E-state index in [4.69, 9.17) is 0 Å². The molecule has 0 heterocycles. The third-order valence-electron chi connectivity index (χ3n) is 9.96. The Balaban J connectivity index is 1.42. The zero-order chi connectivity index (χ0) is 25.9. The van der Waals surface area contributed by atoms with Crippen molar-refractivity contribution in [2.75, 3.05) is 0 Å². The minimum Gasteiger partial charge on any atom is -0.0587 e. The summed E-state index contributed by atoms with van der Waals surface area (Å²) in [6.07, 6.45) is 4.85. The summed E-state index contributed by atoms with van der Waals surface area (Å²) in [5.74, 6) is 0. The molecule has 0 aliphatic heterocycles. The van der Waals surface area contributed by atoms with Crippen LogP contribution in [-0.2, 0) is 31.1 Å². The zero-order valence-corrected chi connectivity index (χ0v) is 22.6. The number of hydrogen-bond donors (Lipinski definition) is 0. The van der Waals surface area contributed by atoms with E-state index in [9.17, 15) is 0 Å². The second-order valence-electron chi connectivity index (χ2n) is 12.2. The summed E-state index contributed by atoms with van der Waals surface area (Å²) in [6.45, 7) is 4.47. The van der Waals surface area contributed by atoms with Crippen LogP contribution in [-0.4, -0.2) is 0 Å². The van der Waals surface area contributed by atoms with Crippen LogP contribution in [0.3, 0.4) is 0 Å². The summed E-state index contributed by atoms with van der Waals surface area (Å²) in [6, 6.07) is 38.5. The van der Waals surface area contributed by atoms with Crippen LogP contribution in [0.2, 0.25) is 0 Å². The van der Waals surface area contributed by atoms with Crippen molar-refractivity contribution in [3.05, 3.63) is 153 Å². The highest BCUT2D eigenvalue weighted by molar-refractivity contribution is 5.93. The van der Waals surface area contributed by atoms with Crippen LogP contribution in [0.5, 0.6) is 0 Å². The lowest BCUT2D eigenvalue weighted by Gasteiger charge is -2.35. The van der Waals surface area contributed by atoms with Crippen LogP contribution in [0.25, 0.3) is 32.7 Å². The van der Waals surface area contributed by atoms with Gasteiger partial charge in [-0.05, 0) is 129 Å². The molecule has 0 bridgehead atoms. The molecule has 3 aliphatic rings. The van der Waals surface area contributed by atoms with Gasteiger partial charge in [-0.25, -0.2) is 0 Å². The normalized spacial score (nSPS) is 15.7. The minimum atomic E-state index is -0.364. The second-order valence-corrected chi connectivity index (χ2v) is 12.2. The molecule has 9 rings (SSSR count). The lowest BCUT2D eigenvalue weighted by Crippen LogP contribution is -2.29. The predicted molar refractivity (Wildman–Crippen MR) is 163 cm³/mol. The maximum Gasteiger partial charge on any atom is 0.0714 e. The Labute approximate surface area is 230 Å². The first-order valence-electron chi connectivity index (χ1n) is 14.4. The fourth-order valence-corrected chi connectivity index (χ4v) is 7.71. The number of hydrogen-bond acceptors (Lipinski definition) is 0. The van der Waals surface area contributed by atoms with E-state index in [1.807, 2.05) is 0 Å². The summed E-state index contributed by atoms with van der Waals surface area (Å²) in [5.41, 5.74) is 16.7. The van der Waals surface area contributed by atoms with Crippen LogP contribution >= 0.6 is 0 Å². The molecule has 0 spiro atoms. The smallest absolute Gasteiger partial charge is 0.0587 e. The number of aryl methyl sites for hydroxylation is 6. The Kier molecular flexibility index (Phi) is 4.17. The molecular formula is C39H30. The fourth-order valence-electron chi connectivity index (χ4n) is 7.71. The second kappa shape index (κ2) is 7.48. The Morgan fingerprint density at radius 2 is 0.821 bits per heavy atom. The van der Waals surface area contributed by atoms with Crippen molar-refractivity contribution in [1.29, 1.82) is 0 Å². The highest BCUT2D eigenvalue weighted by Gasteiger charge is 2.46. The number of fused-ring (bicyclic) bond motifs is 7. The lowest BCUT2D eigenvalue weighted by molar-refractivity contribution is 0.769. The zero-order valence-electron chi connectivity index (χ0n) is 22.6. The van der Waals surface area contributed by atoms with Gasteiger partial charge in [0.2, 0.25) is 0 Å². The SMILES string of the molecule is Cc1ccc2c(c1)C(c1ccc3cc4c(cc3c1)CC4)(c1ccc3cc4c(cc3c1)CC4)c1cc(C)ccc1-2. The van der Waals surface area contributed by atoms with Crippen LogP contribution < -0.4 is 0 Å². The Morgan fingerprint density at radius 1 is 0.410 bits per heavy atom. The van der Waals surface area contributed by atoms with Gasteiger partial charge in [0.05, 0.1) is 5.41 Å². The van der Waals surface area contributed by atoms with Gasteiger partial charge in [-0.2, -0.15) is 0 Å². The molecule has 0 unspecified atom stereocenters. The van der Waals surface area contributed by atoms with Gasteiger partial charge in [-0.1, -0.05) is 96.1 Å². The van der Waals surface area contributed by atoms with E-state index in [1.165, 1.54) is 114 Å². The first-order valence-corrected chi connectivity index (χ1v) is 14.4. The van der Waals surface area contributed by atoms with Gasteiger partial charge in [0.1, 0.15) is 0 Å². The average molecular weight is 499 g/mol. The average Bonchev–Trinajstić information content (AvgIpc) is 3.19. The summed E-state index contributed by atoms with van der Waals surface area (Å²) < 4.78 is 0. The molecule has 0 atom stereocenters. The third kappa shape index (κ3) is 2.84. The summed E-state index contributed by atoms with van der Waals surface area (Å²) in [7, 11) is 0. The maximum absolute atomic E-state index is 2.50. The first kappa shape index (κ1) is 21.7. The van der Waals surface area contributed by atoms with E-state index in [1.54, 1.807) is 0 Å². The van der Waals surface area contributed by atoms with Crippen molar-refractivity contribution in [2.45, 2.75) is 44.9 Å². The Hall–Kier alpha value is -4.16. The summed E-state index contributed by atoms with van der Waals surface area (Å²) >= 11 is 0. The lowest BCUT2D eigenvalue weighted by atomic mass is 9.66. The van der Waals surface area contributed by atoms with Crippen molar-refractivity contribution >= 4 is 21.5 Å². The standard InChI is InChI=1S/C39H30/c1-23-3-13-35-36-14-4-24(2)16-38(36)39(37(35)15-23,33-11-9-29-17-25-5-7-27(25)19-31(29)21-33)34-12-10-30-18-26-6-8-28(26)20-32(30)22-34/h3-4,9-22H,5-8H2,1-2H3. The molecule has 0 aromatic heterocycles. The van der Waals surface area contributed by atoms with E-state index < -0.39 is 0 Å². The molecule has 6 aromatic carbocycles. The van der Waals surface area contributed by atoms with Crippen molar-refractivity contribution in [2.24, 2.45) is 0 Å². The molecule has 0 nitrogen and oxygen atoms in total. The number of benzene rings is 6. The summed E-state index contributed by atoms with van der Waals surface area (Å²) in [5, 5.41) is 5.44. The maximum atomic E-state index is 2.50. The van der Waals surface area contributed by atoms with E-state index in [0.717, 1.165) is 0 Å². The fraction of sp³-hybridized carbons (Fsp3) is 0.179. The molecular weight excluding hydrogens is 468 g/mol. The van der Waals surface area contributed by atoms with Gasteiger partial charge in [0, 0.05) is 0 Å². The molecule has 0 heteroatoms. The van der Waals surface area contributed by atoms with Gasteiger partial charge >= 0.3 is 0 Å². The minimum absolute atomic E-state index is 0.364. The van der Waals surface area contributed by atoms with Crippen LogP contribution in [0, 0.1) is 13.8 Å². The molecule has 186 valence electrons. The molecule has 0 fully saturated rings. The molecule has 6 aromatic rings. The van der Waals surface area contributed by atoms with Gasteiger partial charge in [0.25, 0.3) is 0 Å². The van der Waals surface area contributed by atoms with E-state index in [-0.39, 0.29) is 5.41 Å². The third-order valence-corrected chi connectivity index (χ3v) is 9.96. The quantitative estimate of drug-likeness (QED) is 0.223. The molecule has 39 heavy (non-hydrogen) atoms. The molecule has 0 N–H and O–H groups in total. The van der Waals surface area contributed by atoms with Crippen LogP contribution in [0.15, 0.2) is 97.1 Å². The van der Waals surface area contributed by atoms with Crippen molar-refractivity contribution < 1.29 is 0 Å². The Morgan fingerprint density at radius 3 is 1.23 bits per heavy atom. The highest BCUT2D eigenvalue weighted by atomic mass is 14.5. The van der Waals surface area contributed by atoms with Crippen molar-refractivity contribution in [1.82, 2.24) is 0 Å².